The Morgan fingerprint density at radius 2 is 0.854 bits per heavy atom. The standard InChI is InChI=1S/C34H22Cl2N2.2BrH.Ni/c35-27-15-9-23(10-16-27)21-37-31-19-13-25-5-1-3-7-29(25)33(31)34-30-8-4-2-6-26(30)14-20-32(34)38-22-24-11-17-28(36)18-12-24;;;/h1-22H;2*1H;/q;;;+2/p-2. The molecular formula is C34H22Br2Cl2N2Ni. The summed E-state index contributed by atoms with van der Waals surface area (Å²) in [5.74, 6) is 0. The number of halogens is 4. The van der Waals surface area contributed by atoms with Gasteiger partial charge in [-0.3, -0.25) is 9.98 Å². The van der Waals surface area contributed by atoms with E-state index in [4.69, 9.17) is 33.2 Å². The fraction of sp³-hybridized carbons (Fsp3) is 0. The van der Waals surface area contributed by atoms with Gasteiger partial charge >= 0.3 is 39.3 Å². The van der Waals surface area contributed by atoms with Crippen molar-refractivity contribution >= 4 is 97.0 Å². The molecule has 0 aliphatic heterocycles. The molecule has 0 saturated heterocycles. The zero-order valence-electron chi connectivity index (χ0n) is 21.4. The molecule has 0 heterocycles. The maximum absolute atomic E-state index is 6.09. The summed E-state index contributed by atoms with van der Waals surface area (Å²) in [6.45, 7) is 0. The van der Waals surface area contributed by atoms with Crippen molar-refractivity contribution in [1.82, 2.24) is 0 Å². The Labute approximate surface area is 269 Å². The van der Waals surface area contributed by atoms with Gasteiger partial charge < -0.3 is 0 Å². The van der Waals surface area contributed by atoms with Gasteiger partial charge in [-0.1, -0.05) is 108 Å². The number of fused-ring (bicyclic) bond motifs is 2. The maximum atomic E-state index is 6.09. The van der Waals surface area contributed by atoms with E-state index < -0.39 is 0 Å². The molecule has 0 amide bonds. The van der Waals surface area contributed by atoms with Crippen LogP contribution in [-0.2, 0) is 10.9 Å². The van der Waals surface area contributed by atoms with Crippen LogP contribution in [0.3, 0.4) is 0 Å². The summed E-state index contributed by atoms with van der Waals surface area (Å²) < 4.78 is 0. The predicted octanol–water partition coefficient (Wildman–Crippen LogP) is 12.2. The molecule has 0 N–H and O–H groups in total. The summed E-state index contributed by atoms with van der Waals surface area (Å²) in [7, 11) is 1.25. The topological polar surface area (TPSA) is 24.7 Å². The first-order valence-corrected chi connectivity index (χ1v) is 18.2. The number of benzene rings is 6. The van der Waals surface area contributed by atoms with Crippen LogP contribution in [0.2, 0.25) is 10.0 Å². The Bertz CT molecular complexity index is 1720. The first kappa shape index (κ1) is 29.7. The Hall–Kier alpha value is -2.79. The molecule has 0 atom stereocenters. The van der Waals surface area contributed by atoms with Gasteiger partial charge in [-0.15, -0.1) is 0 Å². The van der Waals surface area contributed by atoms with Crippen LogP contribution in [-0.4, -0.2) is 12.4 Å². The van der Waals surface area contributed by atoms with Crippen molar-refractivity contribution in [2.24, 2.45) is 9.98 Å². The summed E-state index contributed by atoms with van der Waals surface area (Å²) in [6.07, 6.45) is 3.76. The number of rotatable bonds is 5. The number of nitrogens with zero attached hydrogens (tertiary/aromatic N) is 2. The first-order valence-electron chi connectivity index (χ1n) is 12.5. The average Bonchev–Trinajstić information content (AvgIpc) is 3.00. The van der Waals surface area contributed by atoms with E-state index in [1.165, 1.54) is 10.9 Å². The number of aliphatic imine (C=N–C) groups is 2. The summed E-state index contributed by atoms with van der Waals surface area (Å²) in [5.41, 5.74) is 5.80. The van der Waals surface area contributed by atoms with Crippen LogP contribution in [0.1, 0.15) is 11.1 Å². The fourth-order valence-corrected chi connectivity index (χ4v) is 4.90. The number of hydrogen-bond acceptors (Lipinski definition) is 2. The van der Waals surface area contributed by atoms with Crippen molar-refractivity contribution in [3.8, 4) is 11.1 Å². The van der Waals surface area contributed by atoms with Crippen LogP contribution >= 0.6 is 51.7 Å². The van der Waals surface area contributed by atoms with Crippen molar-refractivity contribution in [3.63, 3.8) is 0 Å². The van der Waals surface area contributed by atoms with E-state index in [0.29, 0.717) is 10.0 Å². The van der Waals surface area contributed by atoms with E-state index in [9.17, 15) is 0 Å². The molecule has 0 spiro atoms. The van der Waals surface area contributed by atoms with Crippen molar-refractivity contribution in [3.05, 3.63) is 142 Å². The molecule has 0 radical (unpaired) electrons. The second kappa shape index (κ2) is 14.4. The Morgan fingerprint density at radius 3 is 1.24 bits per heavy atom. The summed E-state index contributed by atoms with van der Waals surface area (Å²) >= 11 is 18.2. The van der Waals surface area contributed by atoms with Gasteiger partial charge in [0, 0.05) is 33.6 Å². The molecule has 0 aliphatic rings. The van der Waals surface area contributed by atoms with Crippen LogP contribution in [0, 0.1) is 0 Å². The summed E-state index contributed by atoms with van der Waals surface area (Å²) in [5, 5.41) is 5.94. The molecule has 0 aliphatic carbocycles. The molecular weight excluding hydrogens is 726 g/mol. The Morgan fingerprint density at radius 1 is 0.488 bits per heavy atom. The molecule has 206 valence electrons. The van der Waals surface area contributed by atoms with Crippen LogP contribution in [0.5, 0.6) is 0 Å². The van der Waals surface area contributed by atoms with Gasteiger partial charge in [-0.2, -0.15) is 0 Å². The van der Waals surface area contributed by atoms with Crippen molar-refractivity contribution < 1.29 is 10.9 Å². The van der Waals surface area contributed by atoms with E-state index in [1.54, 1.807) is 0 Å². The van der Waals surface area contributed by atoms with Crippen LogP contribution in [0.25, 0.3) is 32.7 Å². The molecule has 0 unspecified atom stereocenters. The zero-order chi connectivity index (χ0) is 28.6. The molecule has 6 rings (SSSR count). The van der Waals surface area contributed by atoms with Gasteiger partial charge in [0.2, 0.25) is 0 Å². The van der Waals surface area contributed by atoms with Gasteiger partial charge in [0.05, 0.1) is 11.4 Å². The number of hydrogen-bond donors (Lipinski definition) is 0. The molecule has 6 aromatic rings. The molecule has 0 saturated carbocycles. The monoisotopic (exact) mass is 744 g/mol. The van der Waals surface area contributed by atoms with Crippen molar-refractivity contribution in [2.45, 2.75) is 0 Å². The normalized spacial score (nSPS) is 11.4. The van der Waals surface area contributed by atoms with Gasteiger partial charge in [0.25, 0.3) is 0 Å². The van der Waals surface area contributed by atoms with Crippen molar-refractivity contribution in [1.29, 1.82) is 0 Å². The third kappa shape index (κ3) is 7.35. The molecule has 6 aromatic carbocycles. The zero-order valence-corrected chi connectivity index (χ0v) is 27.1. The molecule has 0 aromatic heterocycles. The third-order valence-corrected chi connectivity index (χ3v) is 7.01. The molecule has 2 nitrogen and oxygen atoms in total. The van der Waals surface area contributed by atoms with E-state index in [-0.39, 0.29) is 0 Å². The second-order valence-electron chi connectivity index (χ2n) is 9.03. The van der Waals surface area contributed by atoms with Crippen LogP contribution in [0.4, 0.5) is 11.4 Å². The van der Waals surface area contributed by atoms with Crippen LogP contribution in [0.15, 0.2) is 131 Å². The minimum atomic E-state index is 0.701. The quantitative estimate of drug-likeness (QED) is 0.124. The molecule has 0 bridgehead atoms. The Kier molecular flexibility index (Phi) is 10.4. The summed E-state index contributed by atoms with van der Waals surface area (Å²) in [4.78, 5) is 9.95. The Balaban J connectivity index is 0.00000108. The van der Waals surface area contributed by atoms with Gasteiger partial charge in [-0.05, 0) is 69.1 Å². The van der Waals surface area contributed by atoms with E-state index in [0.717, 1.165) is 55.2 Å². The minimum absolute atomic E-state index is 0.701. The molecule has 7 heteroatoms. The fourth-order valence-electron chi connectivity index (χ4n) is 4.65. The predicted molar refractivity (Wildman–Crippen MR) is 182 cm³/mol. The van der Waals surface area contributed by atoms with Gasteiger partial charge in [-0.25, -0.2) is 0 Å². The van der Waals surface area contributed by atoms with E-state index in [2.05, 4.69) is 101 Å². The molecule has 0 fully saturated rings. The van der Waals surface area contributed by atoms with E-state index >= 15 is 0 Å². The third-order valence-electron chi connectivity index (χ3n) is 6.51. The first-order chi connectivity index (χ1) is 20.1. The van der Waals surface area contributed by atoms with E-state index in [1.807, 2.05) is 61.0 Å². The molecule has 41 heavy (non-hydrogen) atoms. The average molecular weight is 748 g/mol. The van der Waals surface area contributed by atoms with Gasteiger partial charge in [0.1, 0.15) is 0 Å². The van der Waals surface area contributed by atoms with Crippen molar-refractivity contribution in [2.75, 3.05) is 0 Å². The SMILES string of the molecule is Clc1ccc(C=Nc2ccc3ccccc3c2-c2c(N=Cc3ccc(Cl)cc3)ccc3ccccc23)cc1.[Br][Ni][Br]. The summed E-state index contributed by atoms with van der Waals surface area (Å²) in [6, 6.07) is 40.6. The van der Waals surface area contributed by atoms with Gasteiger partial charge in [0.15, 0.2) is 0 Å². The van der Waals surface area contributed by atoms with Crippen LogP contribution < -0.4 is 0 Å². The second-order valence-corrected chi connectivity index (χ2v) is 14.9.